The Hall–Kier alpha value is -2.16. The number of allylic oxidation sites excluding steroid dienone is 1. The molecule has 2 nitrogen and oxygen atoms in total. The van der Waals surface area contributed by atoms with Crippen molar-refractivity contribution in [2.45, 2.75) is 13.8 Å². The van der Waals surface area contributed by atoms with Crippen molar-refractivity contribution in [2.24, 2.45) is 0 Å². The van der Waals surface area contributed by atoms with Crippen molar-refractivity contribution >= 4 is 11.9 Å². The molecule has 0 spiro atoms. The normalized spacial score (nSPS) is 11.6. The standard InChI is InChI=1S/C15H13FO2/c1-10(11(2)17)9-14-7-8-15(18-14)12-3-5-13(16)6-4-12/h3-9H,1-2H3/b10-9+. The van der Waals surface area contributed by atoms with Gasteiger partial charge in [-0.3, -0.25) is 4.79 Å². The first-order chi connectivity index (χ1) is 8.56. The van der Waals surface area contributed by atoms with Crippen LogP contribution in [-0.2, 0) is 4.79 Å². The van der Waals surface area contributed by atoms with Crippen molar-refractivity contribution in [3.05, 3.63) is 53.5 Å². The summed E-state index contributed by atoms with van der Waals surface area (Å²) in [6, 6.07) is 9.65. The Kier molecular flexibility index (Phi) is 3.42. The smallest absolute Gasteiger partial charge is 0.155 e. The number of hydrogen-bond donors (Lipinski definition) is 0. The molecule has 0 aliphatic carbocycles. The maximum absolute atomic E-state index is 12.8. The minimum Gasteiger partial charge on any atom is -0.457 e. The molecular weight excluding hydrogens is 231 g/mol. The lowest BCUT2D eigenvalue weighted by Gasteiger charge is -1.96. The summed E-state index contributed by atoms with van der Waals surface area (Å²) >= 11 is 0. The van der Waals surface area contributed by atoms with E-state index < -0.39 is 0 Å². The number of halogens is 1. The van der Waals surface area contributed by atoms with Gasteiger partial charge in [-0.15, -0.1) is 0 Å². The summed E-state index contributed by atoms with van der Waals surface area (Å²) in [6.45, 7) is 3.25. The van der Waals surface area contributed by atoms with Crippen molar-refractivity contribution in [1.29, 1.82) is 0 Å². The summed E-state index contributed by atoms with van der Waals surface area (Å²) in [5, 5.41) is 0. The van der Waals surface area contributed by atoms with Gasteiger partial charge in [-0.1, -0.05) is 0 Å². The Bertz CT molecular complexity index is 591. The van der Waals surface area contributed by atoms with Gasteiger partial charge in [0.1, 0.15) is 17.3 Å². The van der Waals surface area contributed by atoms with Crippen LogP contribution in [0.4, 0.5) is 4.39 Å². The molecule has 2 rings (SSSR count). The molecule has 0 bridgehead atoms. The number of carbonyl (C=O) groups excluding carboxylic acids is 1. The molecule has 3 heteroatoms. The highest BCUT2D eigenvalue weighted by molar-refractivity contribution is 5.96. The van der Waals surface area contributed by atoms with E-state index in [1.807, 2.05) is 0 Å². The van der Waals surface area contributed by atoms with Gasteiger partial charge in [-0.25, -0.2) is 4.39 Å². The first kappa shape index (κ1) is 12.3. The van der Waals surface area contributed by atoms with E-state index >= 15 is 0 Å². The molecule has 1 heterocycles. The van der Waals surface area contributed by atoms with Crippen LogP contribution in [0.5, 0.6) is 0 Å². The topological polar surface area (TPSA) is 30.2 Å². The van der Waals surface area contributed by atoms with Crippen LogP contribution in [-0.4, -0.2) is 5.78 Å². The molecule has 0 saturated carbocycles. The summed E-state index contributed by atoms with van der Waals surface area (Å²) in [6.07, 6.45) is 1.69. The first-order valence-corrected chi connectivity index (χ1v) is 5.61. The Morgan fingerprint density at radius 3 is 2.39 bits per heavy atom. The second-order valence-corrected chi connectivity index (χ2v) is 4.09. The largest absolute Gasteiger partial charge is 0.457 e. The monoisotopic (exact) mass is 244 g/mol. The number of hydrogen-bond acceptors (Lipinski definition) is 2. The third-order valence-electron chi connectivity index (χ3n) is 2.67. The lowest BCUT2D eigenvalue weighted by Crippen LogP contribution is -1.89. The van der Waals surface area contributed by atoms with Crippen LogP contribution in [0.2, 0.25) is 0 Å². The predicted octanol–water partition coefficient (Wildman–Crippen LogP) is 4.08. The van der Waals surface area contributed by atoms with Gasteiger partial charge >= 0.3 is 0 Å². The average molecular weight is 244 g/mol. The van der Waals surface area contributed by atoms with Gasteiger partial charge < -0.3 is 4.42 Å². The molecule has 0 N–H and O–H groups in total. The van der Waals surface area contributed by atoms with E-state index in [9.17, 15) is 9.18 Å². The minimum absolute atomic E-state index is 0.00901. The summed E-state index contributed by atoms with van der Waals surface area (Å²) in [5.74, 6) is 0.993. The van der Waals surface area contributed by atoms with E-state index in [0.29, 0.717) is 17.1 Å². The van der Waals surface area contributed by atoms with Gasteiger partial charge in [-0.05, 0) is 61.9 Å². The lowest BCUT2D eigenvalue weighted by molar-refractivity contribution is -0.113. The Labute approximate surface area is 105 Å². The Morgan fingerprint density at radius 2 is 1.78 bits per heavy atom. The van der Waals surface area contributed by atoms with Crippen LogP contribution < -0.4 is 0 Å². The predicted molar refractivity (Wildman–Crippen MR) is 68.4 cm³/mol. The van der Waals surface area contributed by atoms with Gasteiger partial charge in [0.15, 0.2) is 5.78 Å². The van der Waals surface area contributed by atoms with E-state index in [1.165, 1.54) is 19.1 Å². The molecule has 0 aliphatic rings. The third kappa shape index (κ3) is 2.74. The molecule has 2 aromatic rings. The fourth-order valence-corrected chi connectivity index (χ4v) is 1.51. The number of carbonyl (C=O) groups is 1. The van der Waals surface area contributed by atoms with Crippen molar-refractivity contribution in [2.75, 3.05) is 0 Å². The Morgan fingerprint density at radius 1 is 1.11 bits per heavy atom. The zero-order chi connectivity index (χ0) is 13.1. The molecule has 0 radical (unpaired) electrons. The second kappa shape index (κ2) is 5.00. The molecule has 18 heavy (non-hydrogen) atoms. The molecular formula is C15H13FO2. The maximum Gasteiger partial charge on any atom is 0.155 e. The van der Waals surface area contributed by atoms with Crippen LogP contribution >= 0.6 is 0 Å². The number of benzene rings is 1. The molecule has 1 aromatic carbocycles. The fourth-order valence-electron chi connectivity index (χ4n) is 1.51. The first-order valence-electron chi connectivity index (χ1n) is 5.61. The molecule has 1 aromatic heterocycles. The third-order valence-corrected chi connectivity index (χ3v) is 2.67. The lowest BCUT2D eigenvalue weighted by atomic mass is 10.2. The summed E-state index contributed by atoms with van der Waals surface area (Å²) < 4.78 is 18.4. The Balaban J connectivity index is 2.28. The summed E-state index contributed by atoms with van der Waals surface area (Å²) in [7, 11) is 0. The van der Waals surface area contributed by atoms with Crippen molar-refractivity contribution in [3.8, 4) is 11.3 Å². The number of rotatable bonds is 3. The second-order valence-electron chi connectivity index (χ2n) is 4.09. The van der Waals surface area contributed by atoms with Gasteiger partial charge in [-0.2, -0.15) is 0 Å². The molecule has 0 unspecified atom stereocenters. The molecule has 0 amide bonds. The minimum atomic E-state index is -0.280. The molecule has 0 aliphatic heterocycles. The number of furan rings is 1. The van der Waals surface area contributed by atoms with Crippen LogP contribution in [0, 0.1) is 5.82 Å². The quantitative estimate of drug-likeness (QED) is 0.761. The van der Waals surface area contributed by atoms with Crippen LogP contribution in [0.1, 0.15) is 19.6 Å². The zero-order valence-electron chi connectivity index (χ0n) is 10.2. The highest BCUT2D eigenvalue weighted by Gasteiger charge is 2.04. The van der Waals surface area contributed by atoms with E-state index in [0.717, 1.165) is 5.56 Å². The van der Waals surface area contributed by atoms with Crippen molar-refractivity contribution in [3.63, 3.8) is 0 Å². The highest BCUT2D eigenvalue weighted by atomic mass is 19.1. The zero-order valence-corrected chi connectivity index (χ0v) is 10.2. The average Bonchev–Trinajstić information content (AvgIpc) is 2.78. The van der Waals surface area contributed by atoms with Crippen LogP contribution in [0.3, 0.4) is 0 Å². The SMILES string of the molecule is CC(=O)/C(C)=C/c1ccc(-c2ccc(F)cc2)o1. The summed E-state index contributed by atoms with van der Waals surface area (Å²) in [4.78, 5) is 11.1. The molecule has 0 atom stereocenters. The van der Waals surface area contributed by atoms with Crippen molar-refractivity contribution in [1.82, 2.24) is 0 Å². The summed E-state index contributed by atoms with van der Waals surface area (Å²) in [5.41, 5.74) is 1.44. The van der Waals surface area contributed by atoms with Crippen LogP contribution in [0.15, 0.2) is 46.4 Å². The van der Waals surface area contributed by atoms with Crippen molar-refractivity contribution < 1.29 is 13.6 Å². The van der Waals surface area contributed by atoms with Gasteiger partial charge in [0.25, 0.3) is 0 Å². The van der Waals surface area contributed by atoms with E-state index in [-0.39, 0.29) is 11.6 Å². The molecule has 92 valence electrons. The van der Waals surface area contributed by atoms with E-state index in [2.05, 4.69) is 0 Å². The van der Waals surface area contributed by atoms with Crippen LogP contribution in [0.25, 0.3) is 17.4 Å². The molecule has 0 saturated heterocycles. The van der Waals surface area contributed by atoms with Gasteiger partial charge in [0.2, 0.25) is 0 Å². The molecule has 0 fully saturated rings. The fraction of sp³-hybridized carbons (Fsp3) is 0.133. The number of Topliss-reactive ketones (excluding diaryl/α,β-unsaturated/α-hetero) is 1. The number of ketones is 1. The maximum atomic E-state index is 12.8. The van der Waals surface area contributed by atoms with Gasteiger partial charge in [0.05, 0.1) is 0 Å². The van der Waals surface area contributed by atoms with E-state index in [1.54, 1.807) is 37.3 Å². The van der Waals surface area contributed by atoms with E-state index in [4.69, 9.17) is 4.42 Å². The van der Waals surface area contributed by atoms with Gasteiger partial charge in [0, 0.05) is 5.56 Å². The highest BCUT2D eigenvalue weighted by Crippen LogP contribution is 2.23.